The van der Waals surface area contributed by atoms with Gasteiger partial charge in [-0.2, -0.15) is 0 Å². The maximum atomic E-state index is 14.6. The summed E-state index contributed by atoms with van der Waals surface area (Å²) in [5, 5.41) is 0. The average Bonchev–Trinajstić information content (AvgIpc) is 1.49. The van der Waals surface area contributed by atoms with Crippen molar-refractivity contribution in [3.63, 3.8) is 0 Å². The number of hydrogen-bond acceptors (Lipinski definition) is 14. The number of nitrogens with one attached hydrogen (secondary N) is 2. The van der Waals surface area contributed by atoms with Crippen LogP contribution in [0.15, 0.2) is 48.5 Å². The maximum absolute atomic E-state index is 14.6. The van der Waals surface area contributed by atoms with Crippen LogP contribution in [0.4, 0.5) is 0 Å². The molecule has 108 heavy (non-hydrogen) atoms. The van der Waals surface area contributed by atoms with E-state index in [4.69, 9.17) is 9.97 Å². The van der Waals surface area contributed by atoms with Crippen molar-refractivity contribution in [3.05, 3.63) is 160 Å². The van der Waals surface area contributed by atoms with Crippen LogP contribution >= 0.6 is 0 Å². The maximum Gasteiger partial charge on any atom is 1.00 e. The minimum Gasteiger partial charge on any atom is -0.747 e. The Bertz CT molecular complexity index is 5480. The fourth-order valence-corrected chi connectivity index (χ4v) is 33.1. The number of rotatable bonds is 8. The molecular formula is C84H74N4Na4O12S4. The zero-order valence-corrected chi connectivity index (χ0v) is 72.5. The SMILES string of the molecule is O=S(=O)([O-])[C@]12CC[C@H](C1)c1cc3c(c(-c4c5nc(c(-c6c7c(cc8c6[C@@]6(S(=O)(=O)[O-])CC[C@@H]8C6)[C@@H]6CC[C@H]7C6)c6ccc([nH]6)c(-c6c7c(cc8c6[C@@]6(S(=O)(=O)[O-])CC[C@@H]8C6)[C@@H]6CC[C@H]7C6)c6nc(c(-c7c8c(cc9c7[C@@]7(S(=O)(=O)[O-])CC[C@@H]9C7)[C@@H]7CC[C@H]8C7)c7ccc4[nH]7)C=C6)C=C5)c12)[C@H]1CC[C@@H]3C1.[Na+].[Na+].[Na+].[Na+]. The molecule has 0 radical (unpaired) electrons. The fourth-order valence-electron chi connectivity index (χ4n) is 28.1. The molecule has 2 aliphatic heterocycles. The summed E-state index contributed by atoms with van der Waals surface area (Å²) in [5.74, 6) is 0.432. The largest absolute Gasteiger partial charge is 1.00 e. The van der Waals surface area contributed by atoms with E-state index in [0.717, 1.165) is 122 Å². The Labute approximate surface area is 717 Å². The Balaban J connectivity index is 0.00000186. The first kappa shape index (κ1) is 72.8. The Morgan fingerprint density at radius 3 is 0.713 bits per heavy atom. The molecule has 5 heterocycles. The van der Waals surface area contributed by atoms with Crippen LogP contribution < -0.4 is 118 Å². The second kappa shape index (κ2) is 23.5. The summed E-state index contributed by atoms with van der Waals surface area (Å²) in [6.07, 6.45) is 22.5. The van der Waals surface area contributed by atoms with Crippen molar-refractivity contribution in [1.82, 2.24) is 19.9 Å². The van der Waals surface area contributed by atoms with E-state index in [-0.39, 0.29) is 241 Å². The second-order valence-electron chi connectivity index (χ2n) is 35.8. The van der Waals surface area contributed by atoms with Gasteiger partial charge in [0, 0.05) is 44.3 Å². The summed E-state index contributed by atoms with van der Waals surface area (Å²) in [7, 11) is -20.1. The van der Waals surface area contributed by atoms with Crippen LogP contribution in [-0.2, 0) is 59.5 Å². The van der Waals surface area contributed by atoms with Gasteiger partial charge in [-0.3, -0.25) is 0 Å². The summed E-state index contributed by atoms with van der Waals surface area (Å²) >= 11 is 0. The van der Waals surface area contributed by atoms with Crippen LogP contribution in [0.5, 0.6) is 0 Å². The van der Waals surface area contributed by atoms with Gasteiger partial charge in [-0.15, -0.1) is 0 Å². The first-order chi connectivity index (χ1) is 49.9. The average molecular weight is 1550 g/mol. The third kappa shape index (κ3) is 8.82. The summed E-state index contributed by atoms with van der Waals surface area (Å²) < 4.78 is 169. The van der Waals surface area contributed by atoms with Gasteiger partial charge in [0.1, 0.15) is 40.5 Å². The van der Waals surface area contributed by atoms with Crippen LogP contribution in [0, 0.1) is 0 Å². The van der Waals surface area contributed by atoms with Crippen molar-refractivity contribution in [2.45, 2.75) is 244 Å². The Morgan fingerprint density at radius 1 is 0.287 bits per heavy atom. The van der Waals surface area contributed by atoms with E-state index in [1.54, 1.807) is 0 Å². The summed E-state index contributed by atoms with van der Waals surface area (Å²) in [5.41, 5.74) is 24.3. The van der Waals surface area contributed by atoms with Gasteiger partial charge in [0.15, 0.2) is 0 Å². The number of aromatic amines is 2. The molecule has 4 aromatic carbocycles. The molecule has 0 spiro atoms. The molecule has 530 valence electrons. The molecule has 16 nitrogen and oxygen atoms in total. The van der Waals surface area contributed by atoms with Gasteiger partial charge in [0.2, 0.25) is 0 Å². The van der Waals surface area contributed by atoms with Crippen LogP contribution in [0.25, 0.3) is 90.9 Å². The quantitative estimate of drug-likeness (QED) is 0.151. The molecular weight excluding hydrogens is 1480 g/mol. The van der Waals surface area contributed by atoms with E-state index in [1.807, 2.05) is 48.6 Å². The molecule has 0 saturated heterocycles. The smallest absolute Gasteiger partial charge is 0.747 e. The van der Waals surface area contributed by atoms with Crippen molar-refractivity contribution in [3.8, 4) is 44.5 Å². The van der Waals surface area contributed by atoms with E-state index in [2.05, 4.69) is 34.2 Å². The minimum atomic E-state index is -5.02. The fraction of sp³-hybridized carbons (Fsp3) is 0.476. The molecule has 7 aromatic rings. The third-order valence-electron chi connectivity index (χ3n) is 32.0. The molecule has 25 rings (SSSR count). The standard InChI is InChI=1S/C84H78N4O12S4.4Na/c89-101(90,91)81-21-17-45(33-81)53-29-49-37-1-5-41(25-37)65(49)73(77(53)81)69-57-9-11-59(85-57)70(74-66-42-6-2-38(26-42)50(66)30-54-46-18-22-82(34-46,78(54)74)102(92,93)94)61-13-15-63(87-61)72(76-68-44-8-4-40(28-44)52(68)32-56-48-20-24-84(36-48,80(56)76)104(98,99)100)64-16-14-62(88-64)71(60-12-10-58(69)86-60)75-67-43-7-3-39(27-43)51(67)31-55-47-19-23-83(35-47,79(55)75)103(95,96)97;;;;/h9-16,29-32,37-48,85,88H,1-8,17-28,33-36H2,(H,89,90,91)(H,92,93,94)(H,95,96,97)(H,98,99,100);;;;/q;4*+1/p-4/t37-,38-,39-,40-,41+,42+,43+,44+,45-,46-,47-,48-,81-,82-,83-,84-;;;;/m1..../s1. The molecule has 24 bridgehead atoms. The Kier molecular flexibility index (Phi) is 15.8. The summed E-state index contributed by atoms with van der Waals surface area (Å²) in [4.78, 5) is 20.0. The molecule has 24 heteroatoms. The zero-order chi connectivity index (χ0) is 69.7. The molecule has 16 atom stereocenters. The first-order valence-corrected chi connectivity index (χ1v) is 44.4. The van der Waals surface area contributed by atoms with Gasteiger partial charge in [-0.1, -0.05) is 24.3 Å². The number of H-pyrrole nitrogens is 2. The molecule has 8 saturated carbocycles. The van der Waals surface area contributed by atoms with E-state index in [0.29, 0.717) is 137 Å². The molecule has 16 aliphatic carbocycles. The van der Waals surface area contributed by atoms with Crippen molar-refractivity contribution < 1.29 is 170 Å². The van der Waals surface area contributed by atoms with Crippen molar-refractivity contribution in [2.24, 2.45) is 0 Å². The Hall–Kier alpha value is -2.88. The van der Waals surface area contributed by atoms with Gasteiger partial charge in [-0.25, -0.2) is 43.6 Å². The molecule has 0 unspecified atom stereocenters. The van der Waals surface area contributed by atoms with Gasteiger partial charge in [0.25, 0.3) is 0 Å². The van der Waals surface area contributed by atoms with E-state index in [9.17, 15) is 51.9 Å². The van der Waals surface area contributed by atoms with E-state index >= 15 is 0 Å². The normalized spacial score (nSPS) is 33.3. The minimum absolute atomic E-state index is 0. The van der Waals surface area contributed by atoms with Crippen LogP contribution in [0.2, 0.25) is 0 Å². The van der Waals surface area contributed by atoms with Gasteiger partial charge < -0.3 is 28.2 Å². The topological polar surface area (TPSA) is 286 Å². The van der Waals surface area contributed by atoms with Gasteiger partial charge >= 0.3 is 118 Å². The third-order valence-corrected chi connectivity index (χ3v) is 38.1. The molecule has 3 aromatic heterocycles. The number of aromatic nitrogens is 4. The van der Waals surface area contributed by atoms with Crippen LogP contribution in [0.1, 0.15) is 337 Å². The molecule has 8 fully saturated rings. The van der Waals surface area contributed by atoms with Crippen LogP contribution in [-0.4, -0.2) is 71.8 Å². The number of benzene rings is 4. The number of hydrogen-bond donors (Lipinski definition) is 2. The predicted octanol–water partition coefficient (Wildman–Crippen LogP) is 4.88. The van der Waals surface area contributed by atoms with E-state index < -0.39 is 59.5 Å². The second-order valence-corrected chi connectivity index (χ2v) is 42.5. The van der Waals surface area contributed by atoms with Gasteiger partial charge in [-0.05, 0) is 385 Å². The van der Waals surface area contributed by atoms with E-state index in [1.165, 1.54) is 22.3 Å². The monoisotopic (exact) mass is 1550 g/mol. The Morgan fingerprint density at radius 2 is 0.500 bits per heavy atom. The van der Waals surface area contributed by atoms with Crippen molar-refractivity contribution >= 4 is 86.8 Å². The van der Waals surface area contributed by atoms with Crippen molar-refractivity contribution in [2.75, 3.05) is 0 Å². The van der Waals surface area contributed by atoms with Gasteiger partial charge in [0.05, 0.1) is 41.8 Å². The van der Waals surface area contributed by atoms with Crippen molar-refractivity contribution in [1.29, 1.82) is 0 Å². The first-order valence-electron chi connectivity index (χ1n) is 38.8. The zero-order valence-electron chi connectivity index (χ0n) is 61.3. The summed E-state index contributed by atoms with van der Waals surface area (Å²) in [6, 6.07) is 17.1. The molecule has 2 N–H and O–H groups in total. The summed E-state index contributed by atoms with van der Waals surface area (Å²) in [6.45, 7) is 0. The van der Waals surface area contributed by atoms with Crippen LogP contribution in [0.3, 0.4) is 0 Å². The molecule has 0 amide bonds. The number of nitrogens with zero attached hydrogens (tertiary/aromatic N) is 2. The predicted molar refractivity (Wildman–Crippen MR) is 390 cm³/mol. The molecule has 18 aliphatic rings. The number of fused-ring (bicyclic) bond motifs is 48.